The van der Waals surface area contributed by atoms with Crippen molar-refractivity contribution in [2.45, 2.75) is 25.8 Å². The fourth-order valence-corrected chi connectivity index (χ4v) is 3.79. The van der Waals surface area contributed by atoms with E-state index >= 15 is 0 Å². The number of aromatic hydroxyl groups is 1. The van der Waals surface area contributed by atoms with Gasteiger partial charge in [-0.2, -0.15) is 0 Å². The first-order chi connectivity index (χ1) is 22.1. The van der Waals surface area contributed by atoms with Gasteiger partial charge in [-0.25, -0.2) is 0 Å². The van der Waals surface area contributed by atoms with Crippen LogP contribution in [0.4, 0.5) is 0 Å². The van der Waals surface area contributed by atoms with E-state index in [0.29, 0.717) is 97.8 Å². The highest BCUT2D eigenvalue weighted by Crippen LogP contribution is 2.13. The molecule has 1 heterocycles. The Morgan fingerprint density at radius 2 is 1.07 bits per heavy atom. The number of aromatic nitrogens is 4. The van der Waals surface area contributed by atoms with Crippen LogP contribution in [0.25, 0.3) is 11.4 Å². The monoisotopic (exact) mass is 626 g/mol. The number of benzene rings is 2. The van der Waals surface area contributed by atoms with E-state index in [1.165, 1.54) is 6.33 Å². The number of phenolic OH excluding ortho intramolecular Hbond substituents is 1. The van der Waals surface area contributed by atoms with E-state index in [1.807, 2.05) is 36.4 Å². The fourth-order valence-electron chi connectivity index (χ4n) is 3.79. The Morgan fingerprint density at radius 1 is 0.600 bits per heavy atom. The predicted octanol–water partition coefficient (Wildman–Crippen LogP) is 1.48. The third-order valence-electron chi connectivity index (χ3n) is 6.22. The van der Waals surface area contributed by atoms with Crippen LogP contribution in [-0.2, 0) is 46.2 Å². The Hall–Kier alpha value is -4.08. The number of rotatable bonds is 24. The molecule has 0 radical (unpaired) electrons. The third-order valence-corrected chi connectivity index (χ3v) is 6.22. The lowest BCUT2D eigenvalue weighted by Gasteiger charge is -2.09. The van der Waals surface area contributed by atoms with Gasteiger partial charge in [0.1, 0.15) is 5.75 Å². The van der Waals surface area contributed by atoms with Gasteiger partial charge in [-0.1, -0.05) is 36.4 Å². The summed E-state index contributed by atoms with van der Waals surface area (Å²) in [5, 5.41) is 30.3. The van der Waals surface area contributed by atoms with Gasteiger partial charge in [0.25, 0.3) is 0 Å². The predicted molar refractivity (Wildman–Crippen MR) is 163 cm³/mol. The van der Waals surface area contributed by atoms with Crippen molar-refractivity contribution >= 4 is 11.8 Å². The number of amides is 2. The van der Waals surface area contributed by atoms with E-state index in [4.69, 9.17) is 23.7 Å². The Bertz CT molecular complexity index is 1220. The fraction of sp³-hybridized carbons (Fsp3) is 0.484. The molecule has 3 N–H and O–H groups in total. The summed E-state index contributed by atoms with van der Waals surface area (Å²) in [5.41, 5.74) is 2.80. The van der Waals surface area contributed by atoms with Crippen molar-refractivity contribution < 1.29 is 38.4 Å². The smallest absolute Gasteiger partial charge is 0.222 e. The van der Waals surface area contributed by atoms with Crippen molar-refractivity contribution in [2.75, 3.05) is 72.6 Å². The minimum atomic E-state index is -0.0939. The summed E-state index contributed by atoms with van der Waals surface area (Å²) in [5.74, 6) is 0.516. The first-order valence-electron chi connectivity index (χ1n) is 14.9. The van der Waals surface area contributed by atoms with Crippen LogP contribution in [0.15, 0.2) is 54.9 Å². The molecule has 1 aromatic heterocycles. The number of nitrogens with zero attached hydrogens (tertiary/aromatic N) is 4. The zero-order valence-corrected chi connectivity index (χ0v) is 25.4. The van der Waals surface area contributed by atoms with Crippen LogP contribution in [0, 0.1) is 0 Å². The Labute approximate surface area is 262 Å². The lowest BCUT2D eigenvalue weighted by Crippen LogP contribution is -2.26. The highest BCUT2D eigenvalue weighted by atomic mass is 16.6. The number of hydrogen-bond acceptors (Lipinski definition) is 12. The summed E-state index contributed by atoms with van der Waals surface area (Å²) < 4.78 is 27.3. The molecule has 0 unspecified atom stereocenters. The largest absolute Gasteiger partial charge is 0.508 e. The molecule has 244 valence electrons. The minimum absolute atomic E-state index is 0.0636. The van der Waals surface area contributed by atoms with Crippen LogP contribution >= 0.6 is 0 Å². The molecular formula is C31H42N6O8. The second-order valence-electron chi connectivity index (χ2n) is 9.67. The van der Waals surface area contributed by atoms with Gasteiger partial charge in [-0.15, -0.1) is 20.4 Å². The van der Waals surface area contributed by atoms with Gasteiger partial charge in [0.2, 0.25) is 17.6 Å². The molecule has 0 atom stereocenters. The molecule has 0 saturated carbocycles. The first-order valence-corrected chi connectivity index (χ1v) is 14.9. The van der Waals surface area contributed by atoms with Gasteiger partial charge in [0.05, 0.1) is 66.1 Å². The molecule has 0 aliphatic heterocycles. The van der Waals surface area contributed by atoms with Crippen molar-refractivity contribution in [1.82, 2.24) is 31.0 Å². The molecule has 2 amide bonds. The summed E-state index contributed by atoms with van der Waals surface area (Å²) in [7, 11) is 0. The average Bonchev–Trinajstić information content (AvgIpc) is 3.06. The molecule has 0 bridgehead atoms. The van der Waals surface area contributed by atoms with E-state index in [2.05, 4.69) is 31.0 Å². The SMILES string of the molecule is O=C(CCOCCOCCOCCOCCOCCC(=O)NCc1ccc(-c2nncnn2)cc1)NCCc1ccc(O)cc1. The number of phenols is 1. The molecule has 0 aliphatic carbocycles. The molecule has 0 saturated heterocycles. The molecular weight excluding hydrogens is 584 g/mol. The van der Waals surface area contributed by atoms with Crippen LogP contribution in [0.1, 0.15) is 24.0 Å². The summed E-state index contributed by atoms with van der Waals surface area (Å²) in [4.78, 5) is 23.9. The molecule has 14 heteroatoms. The number of ether oxygens (including phenoxy) is 5. The highest BCUT2D eigenvalue weighted by Gasteiger charge is 2.05. The van der Waals surface area contributed by atoms with Crippen molar-refractivity contribution in [3.63, 3.8) is 0 Å². The lowest BCUT2D eigenvalue weighted by atomic mass is 10.1. The third kappa shape index (κ3) is 16.5. The van der Waals surface area contributed by atoms with E-state index in [-0.39, 0.29) is 24.0 Å². The highest BCUT2D eigenvalue weighted by molar-refractivity contribution is 5.76. The van der Waals surface area contributed by atoms with Crippen molar-refractivity contribution in [1.29, 1.82) is 0 Å². The molecule has 0 fully saturated rings. The van der Waals surface area contributed by atoms with Crippen LogP contribution < -0.4 is 10.6 Å². The topological polar surface area (TPSA) is 176 Å². The second kappa shape index (κ2) is 22.4. The normalized spacial score (nSPS) is 10.9. The van der Waals surface area contributed by atoms with E-state index in [0.717, 1.165) is 16.7 Å². The van der Waals surface area contributed by atoms with E-state index in [1.54, 1.807) is 12.1 Å². The van der Waals surface area contributed by atoms with Crippen molar-refractivity contribution in [2.24, 2.45) is 0 Å². The van der Waals surface area contributed by atoms with Crippen LogP contribution in [-0.4, -0.2) is 110 Å². The Morgan fingerprint density at radius 3 is 1.60 bits per heavy atom. The quantitative estimate of drug-likeness (QED) is 0.122. The molecule has 14 nitrogen and oxygen atoms in total. The summed E-state index contributed by atoms with van der Waals surface area (Å²) in [6.45, 7) is 4.99. The molecule has 3 rings (SSSR count). The second-order valence-corrected chi connectivity index (χ2v) is 9.67. The van der Waals surface area contributed by atoms with Gasteiger partial charge in [0, 0.05) is 31.5 Å². The van der Waals surface area contributed by atoms with Crippen LogP contribution in [0.2, 0.25) is 0 Å². The summed E-state index contributed by atoms with van der Waals surface area (Å²) in [6.07, 6.45) is 2.53. The summed E-state index contributed by atoms with van der Waals surface area (Å²) >= 11 is 0. The number of hydrogen-bond donors (Lipinski definition) is 3. The van der Waals surface area contributed by atoms with E-state index in [9.17, 15) is 14.7 Å². The van der Waals surface area contributed by atoms with Gasteiger partial charge in [0.15, 0.2) is 6.33 Å². The Balaban J connectivity index is 1.02. The lowest BCUT2D eigenvalue weighted by molar-refractivity contribution is -0.123. The number of carbonyl (C=O) groups is 2. The van der Waals surface area contributed by atoms with Crippen molar-refractivity contribution in [3.05, 3.63) is 66.0 Å². The summed E-state index contributed by atoms with van der Waals surface area (Å²) in [6, 6.07) is 14.4. The maximum Gasteiger partial charge on any atom is 0.222 e. The van der Waals surface area contributed by atoms with Gasteiger partial charge in [-0.05, 0) is 29.7 Å². The minimum Gasteiger partial charge on any atom is -0.508 e. The molecule has 2 aromatic carbocycles. The molecule has 3 aromatic rings. The average molecular weight is 627 g/mol. The maximum atomic E-state index is 12.0. The zero-order valence-electron chi connectivity index (χ0n) is 25.4. The van der Waals surface area contributed by atoms with Gasteiger partial charge >= 0.3 is 0 Å². The Kier molecular flexibility index (Phi) is 17.6. The molecule has 0 aliphatic rings. The maximum absolute atomic E-state index is 12.0. The number of carbonyl (C=O) groups excluding carboxylic acids is 2. The van der Waals surface area contributed by atoms with Crippen molar-refractivity contribution in [3.8, 4) is 17.1 Å². The zero-order chi connectivity index (χ0) is 31.8. The molecule has 45 heavy (non-hydrogen) atoms. The van der Waals surface area contributed by atoms with Gasteiger partial charge in [-0.3, -0.25) is 9.59 Å². The van der Waals surface area contributed by atoms with Gasteiger partial charge < -0.3 is 39.4 Å². The van der Waals surface area contributed by atoms with E-state index < -0.39 is 0 Å². The standard InChI is InChI=1S/C31H42N6O8/c38-28-7-3-25(4-8-28)9-12-32-29(39)10-13-41-15-17-43-19-21-45-22-20-44-18-16-42-14-11-30(40)33-23-26-1-5-27(6-2-26)31-36-34-24-35-37-31/h1-8,24,38H,9-23H2,(H,32,39)(H,33,40). The van der Waals surface area contributed by atoms with Crippen LogP contribution in [0.5, 0.6) is 5.75 Å². The first kappa shape index (κ1) is 35.4. The number of nitrogens with one attached hydrogen (secondary N) is 2. The molecule has 0 spiro atoms. The van der Waals surface area contributed by atoms with Crippen LogP contribution in [0.3, 0.4) is 0 Å².